The van der Waals surface area contributed by atoms with E-state index in [1.165, 1.54) is 27.5 Å². The van der Waals surface area contributed by atoms with Crippen molar-refractivity contribution in [2.45, 2.75) is 63.8 Å². The highest BCUT2D eigenvalue weighted by Gasteiger charge is 2.56. The fourth-order valence-corrected chi connectivity index (χ4v) is 6.19. The van der Waals surface area contributed by atoms with Crippen molar-refractivity contribution in [3.8, 4) is 0 Å². The van der Waals surface area contributed by atoms with Gasteiger partial charge in [0, 0.05) is 55.5 Å². The van der Waals surface area contributed by atoms with Crippen LogP contribution >= 0.6 is 0 Å². The first-order valence-corrected chi connectivity index (χ1v) is 12.7. The first-order chi connectivity index (χ1) is 17.3. The number of hydrogen-bond acceptors (Lipinski definition) is 4. The van der Waals surface area contributed by atoms with Crippen molar-refractivity contribution >= 4 is 22.6 Å². The van der Waals surface area contributed by atoms with Crippen molar-refractivity contribution in [1.29, 1.82) is 0 Å². The Hall–Kier alpha value is -2.88. The van der Waals surface area contributed by atoms with E-state index in [0.717, 1.165) is 12.8 Å². The Labute approximate surface area is 213 Å². The van der Waals surface area contributed by atoms with E-state index in [0.29, 0.717) is 29.2 Å². The van der Waals surface area contributed by atoms with Gasteiger partial charge in [-0.3, -0.25) is 14.4 Å². The van der Waals surface area contributed by atoms with Gasteiger partial charge in [-0.15, -0.1) is 0 Å². The number of halogens is 3. The molecular formula is C27H34F3N3O4. The fourth-order valence-electron chi connectivity index (χ4n) is 6.19. The summed E-state index contributed by atoms with van der Waals surface area (Å²) in [5, 5.41) is 13.0. The van der Waals surface area contributed by atoms with E-state index in [9.17, 15) is 32.7 Å². The van der Waals surface area contributed by atoms with E-state index >= 15 is 0 Å². The molecule has 2 aromatic rings. The van der Waals surface area contributed by atoms with Gasteiger partial charge in [0.05, 0.1) is 24.1 Å². The molecule has 2 heterocycles. The standard InChI is InChI=1S/C27H34F3N3O4/c1-18(14-27(28,29)30)22(34)32-13-12-26(37,25(16-32)10-6-7-11-25)17-33-15-21(23(35)31(2)3)19-8-4-5-9-20(19)24(33)36/h4-5,8-9,15,18,37H,6-7,10-14,16-17H2,1-3H3. The van der Waals surface area contributed by atoms with Gasteiger partial charge < -0.3 is 19.5 Å². The molecule has 4 rings (SSSR count). The molecular weight excluding hydrogens is 487 g/mol. The van der Waals surface area contributed by atoms with Crippen molar-refractivity contribution < 1.29 is 27.9 Å². The molecule has 0 radical (unpaired) electrons. The second-order valence-electron chi connectivity index (χ2n) is 11.0. The molecule has 202 valence electrons. The van der Waals surface area contributed by atoms with Crippen molar-refractivity contribution in [3.63, 3.8) is 0 Å². The summed E-state index contributed by atoms with van der Waals surface area (Å²) in [7, 11) is 3.25. The number of nitrogens with zero attached hydrogens (tertiary/aromatic N) is 3. The smallest absolute Gasteiger partial charge is 0.387 e. The maximum atomic E-state index is 13.4. The Morgan fingerprint density at radius 1 is 1.11 bits per heavy atom. The number of benzene rings is 1. The van der Waals surface area contributed by atoms with Gasteiger partial charge >= 0.3 is 6.18 Å². The van der Waals surface area contributed by atoms with Crippen LogP contribution in [0.2, 0.25) is 0 Å². The number of alkyl halides is 3. The third-order valence-corrected chi connectivity index (χ3v) is 8.17. The zero-order chi connectivity index (χ0) is 27.2. The highest BCUT2D eigenvalue weighted by atomic mass is 19.4. The van der Waals surface area contributed by atoms with E-state index in [1.807, 2.05) is 0 Å². The van der Waals surface area contributed by atoms with Crippen molar-refractivity contribution in [2.75, 3.05) is 27.2 Å². The number of amides is 2. The number of carbonyl (C=O) groups is 2. The van der Waals surface area contributed by atoms with Crippen LogP contribution < -0.4 is 5.56 Å². The minimum atomic E-state index is -4.43. The topological polar surface area (TPSA) is 82.8 Å². The summed E-state index contributed by atoms with van der Waals surface area (Å²) in [4.78, 5) is 42.2. The van der Waals surface area contributed by atoms with Gasteiger partial charge in [-0.1, -0.05) is 38.0 Å². The number of hydrogen-bond donors (Lipinski definition) is 1. The number of piperidine rings is 1. The molecule has 1 aliphatic carbocycles. The number of likely N-dealkylation sites (tertiary alicyclic amines) is 1. The summed E-state index contributed by atoms with van der Waals surface area (Å²) in [5.74, 6) is -2.04. The molecule has 2 atom stereocenters. The van der Waals surface area contributed by atoms with Crippen LogP contribution in [-0.2, 0) is 11.3 Å². The maximum Gasteiger partial charge on any atom is 0.389 e. The van der Waals surface area contributed by atoms with E-state index in [2.05, 4.69) is 0 Å². The van der Waals surface area contributed by atoms with Gasteiger partial charge in [0.25, 0.3) is 11.5 Å². The average Bonchev–Trinajstić information content (AvgIpc) is 3.31. The summed E-state index contributed by atoms with van der Waals surface area (Å²) in [6.45, 7) is 1.47. The number of aliphatic hydroxyl groups is 1. The number of aromatic nitrogens is 1. The third kappa shape index (κ3) is 5.12. The summed E-state index contributed by atoms with van der Waals surface area (Å²) < 4.78 is 40.1. The van der Waals surface area contributed by atoms with Gasteiger partial charge in [-0.25, -0.2) is 0 Å². The van der Waals surface area contributed by atoms with Crippen LogP contribution in [0.3, 0.4) is 0 Å². The van der Waals surface area contributed by atoms with E-state index in [4.69, 9.17) is 0 Å². The molecule has 7 nitrogen and oxygen atoms in total. The number of fused-ring (bicyclic) bond motifs is 1. The molecule has 2 aliphatic rings. The monoisotopic (exact) mass is 521 g/mol. The Morgan fingerprint density at radius 2 is 1.73 bits per heavy atom. The van der Waals surface area contributed by atoms with Crippen molar-refractivity contribution in [2.24, 2.45) is 11.3 Å². The van der Waals surface area contributed by atoms with Gasteiger partial charge in [0.1, 0.15) is 0 Å². The van der Waals surface area contributed by atoms with Crippen LogP contribution in [0.5, 0.6) is 0 Å². The second kappa shape index (κ2) is 9.78. The lowest BCUT2D eigenvalue weighted by Gasteiger charge is -2.52. The molecule has 37 heavy (non-hydrogen) atoms. The predicted octanol–water partition coefficient (Wildman–Crippen LogP) is 3.82. The van der Waals surface area contributed by atoms with Gasteiger partial charge in [-0.2, -0.15) is 13.2 Å². The Kier molecular flexibility index (Phi) is 7.18. The van der Waals surface area contributed by atoms with Gasteiger partial charge in [-0.05, 0) is 25.3 Å². The largest absolute Gasteiger partial charge is 0.389 e. The molecule has 1 aromatic heterocycles. The minimum absolute atomic E-state index is 0.0650. The molecule has 10 heteroatoms. The quantitative estimate of drug-likeness (QED) is 0.649. The molecule has 2 amide bonds. The van der Waals surface area contributed by atoms with Crippen LogP contribution in [0.4, 0.5) is 13.2 Å². The molecule has 2 unspecified atom stereocenters. The zero-order valence-electron chi connectivity index (χ0n) is 21.5. The number of pyridine rings is 1. The zero-order valence-corrected chi connectivity index (χ0v) is 21.5. The van der Waals surface area contributed by atoms with Gasteiger partial charge in [0.15, 0.2) is 0 Å². The Balaban J connectivity index is 1.69. The lowest BCUT2D eigenvalue weighted by molar-refractivity contribution is -0.172. The normalized spacial score (nSPS) is 22.4. The van der Waals surface area contributed by atoms with E-state index in [1.54, 1.807) is 38.4 Å². The molecule has 2 fully saturated rings. The first kappa shape index (κ1) is 27.2. The van der Waals surface area contributed by atoms with Crippen LogP contribution in [0.25, 0.3) is 10.8 Å². The lowest BCUT2D eigenvalue weighted by atomic mass is 9.65. The molecule has 0 bridgehead atoms. The average molecular weight is 522 g/mol. The lowest BCUT2D eigenvalue weighted by Crippen LogP contribution is -2.62. The number of rotatable bonds is 5. The summed E-state index contributed by atoms with van der Waals surface area (Å²) in [5.41, 5.74) is -2.09. The van der Waals surface area contributed by atoms with Crippen LogP contribution in [-0.4, -0.2) is 70.3 Å². The Morgan fingerprint density at radius 3 is 2.32 bits per heavy atom. The third-order valence-electron chi connectivity index (χ3n) is 8.17. The summed E-state index contributed by atoms with van der Waals surface area (Å²) in [6.07, 6.45) is -1.15. The van der Waals surface area contributed by atoms with Crippen LogP contribution in [0.15, 0.2) is 35.3 Å². The first-order valence-electron chi connectivity index (χ1n) is 12.7. The predicted molar refractivity (Wildman–Crippen MR) is 133 cm³/mol. The molecule has 1 spiro atoms. The van der Waals surface area contributed by atoms with E-state index < -0.39 is 35.4 Å². The second-order valence-corrected chi connectivity index (χ2v) is 11.0. The fraction of sp³-hybridized carbons (Fsp3) is 0.593. The molecule has 1 aliphatic heterocycles. The maximum absolute atomic E-state index is 13.4. The van der Waals surface area contributed by atoms with Crippen LogP contribution in [0, 0.1) is 11.3 Å². The summed E-state index contributed by atoms with van der Waals surface area (Å²) in [6, 6.07) is 6.85. The Bertz CT molecular complexity index is 1250. The molecule has 1 aromatic carbocycles. The number of carbonyl (C=O) groups excluding carboxylic acids is 2. The molecule has 1 N–H and O–H groups in total. The summed E-state index contributed by atoms with van der Waals surface area (Å²) >= 11 is 0. The van der Waals surface area contributed by atoms with E-state index in [-0.39, 0.29) is 37.5 Å². The van der Waals surface area contributed by atoms with Gasteiger partial charge in [0.2, 0.25) is 5.91 Å². The molecule has 1 saturated heterocycles. The molecule has 1 saturated carbocycles. The van der Waals surface area contributed by atoms with Crippen LogP contribution in [0.1, 0.15) is 55.8 Å². The SMILES string of the molecule is CC(CC(F)(F)F)C(=O)N1CCC(O)(Cn2cc(C(=O)N(C)C)c3ccccc3c2=O)C2(CCCC2)C1. The van der Waals surface area contributed by atoms with Crippen molar-refractivity contribution in [3.05, 3.63) is 46.4 Å². The highest BCUT2D eigenvalue weighted by molar-refractivity contribution is 6.06. The minimum Gasteiger partial charge on any atom is -0.387 e. The van der Waals surface area contributed by atoms with Crippen molar-refractivity contribution in [1.82, 2.24) is 14.4 Å². The highest BCUT2D eigenvalue weighted by Crippen LogP contribution is 2.52.